The minimum atomic E-state index is 0.294. The molecule has 0 radical (unpaired) electrons. The zero-order chi connectivity index (χ0) is 13.8. The molecule has 0 saturated carbocycles. The molecule has 2 nitrogen and oxygen atoms in total. The van der Waals surface area contributed by atoms with Crippen LogP contribution in [0.4, 0.5) is 0 Å². The molecule has 1 aromatic heterocycles. The molecule has 0 aliphatic heterocycles. The van der Waals surface area contributed by atoms with Crippen LogP contribution >= 0.6 is 35.2 Å². The summed E-state index contributed by atoms with van der Waals surface area (Å²) in [6.07, 6.45) is 1.05. The lowest BCUT2D eigenvalue weighted by molar-refractivity contribution is 0.310. The average molecular weight is 312 g/mol. The number of rotatable bonds is 5. The first-order valence-electron chi connectivity index (χ1n) is 5.90. The number of thiocarbonyl (C=S) groups is 1. The molecule has 2 N–H and O–H groups in total. The largest absolute Gasteiger partial charge is 0.488 e. The van der Waals surface area contributed by atoms with Gasteiger partial charge in [0.25, 0.3) is 0 Å². The van der Waals surface area contributed by atoms with Crippen molar-refractivity contribution >= 4 is 40.1 Å². The van der Waals surface area contributed by atoms with Gasteiger partial charge in [0.05, 0.1) is 5.02 Å². The molecule has 100 valence electrons. The zero-order valence-corrected chi connectivity index (χ0v) is 12.9. The van der Waals surface area contributed by atoms with Crippen LogP contribution in [0.15, 0.2) is 30.3 Å². The number of halogens is 1. The number of benzene rings is 1. The Labute approximate surface area is 127 Å². The van der Waals surface area contributed by atoms with Crippen LogP contribution in [0, 0.1) is 0 Å². The summed E-state index contributed by atoms with van der Waals surface area (Å²) >= 11 is 12.8. The van der Waals surface area contributed by atoms with E-state index in [4.69, 9.17) is 34.3 Å². The molecule has 0 aliphatic carbocycles. The molecule has 0 atom stereocenters. The lowest BCUT2D eigenvalue weighted by atomic mass is 10.2. The van der Waals surface area contributed by atoms with Gasteiger partial charge in [0.1, 0.15) is 17.3 Å². The standard InChI is InChI=1S/C14H14ClNOS2/c1-2-10-4-5-11(19-10)8-17-9-3-6-12(14(16)18)13(15)7-9/h3-7H,2,8H2,1H3,(H2,16,18). The first kappa shape index (κ1) is 14.3. The fraction of sp³-hybridized carbons (Fsp3) is 0.214. The van der Waals surface area contributed by atoms with Crippen molar-refractivity contribution in [2.75, 3.05) is 0 Å². The number of hydrogen-bond donors (Lipinski definition) is 1. The van der Waals surface area contributed by atoms with E-state index in [9.17, 15) is 0 Å². The number of thiophene rings is 1. The van der Waals surface area contributed by atoms with Crippen molar-refractivity contribution in [3.63, 3.8) is 0 Å². The molecule has 0 amide bonds. The molecule has 0 fully saturated rings. The Bertz CT molecular complexity index is 595. The predicted octanol–water partition coefficient (Wildman–Crippen LogP) is 4.18. The van der Waals surface area contributed by atoms with Crippen molar-refractivity contribution in [2.24, 2.45) is 5.73 Å². The molecule has 2 aromatic rings. The lowest BCUT2D eigenvalue weighted by Crippen LogP contribution is -2.09. The highest BCUT2D eigenvalue weighted by Gasteiger charge is 2.06. The Morgan fingerprint density at radius 2 is 2.05 bits per heavy atom. The van der Waals surface area contributed by atoms with E-state index in [2.05, 4.69) is 19.1 Å². The summed E-state index contributed by atoms with van der Waals surface area (Å²) in [7, 11) is 0. The van der Waals surface area contributed by atoms with E-state index in [0.29, 0.717) is 22.2 Å². The van der Waals surface area contributed by atoms with E-state index in [1.54, 1.807) is 23.5 Å². The molecule has 0 saturated heterocycles. The Morgan fingerprint density at radius 1 is 1.32 bits per heavy atom. The van der Waals surface area contributed by atoms with Gasteiger partial charge in [-0.2, -0.15) is 0 Å². The van der Waals surface area contributed by atoms with E-state index in [0.717, 1.165) is 12.2 Å². The fourth-order valence-corrected chi connectivity index (χ4v) is 3.01. The van der Waals surface area contributed by atoms with E-state index in [1.165, 1.54) is 9.75 Å². The third kappa shape index (κ3) is 3.69. The van der Waals surface area contributed by atoms with Crippen LogP contribution in [-0.2, 0) is 13.0 Å². The third-order valence-corrected chi connectivity index (χ3v) is 4.39. The molecular formula is C14H14ClNOS2. The molecule has 0 aliphatic rings. The fourth-order valence-electron chi connectivity index (χ4n) is 1.63. The van der Waals surface area contributed by atoms with Gasteiger partial charge in [-0.1, -0.05) is 30.7 Å². The van der Waals surface area contributed by atoms with E-state index >= 15 is 0 Å². The number of aryl methyl sites for hydroxylation is 1. The predicted molar refractivity (Wildman–Crippen MR) is 85.4 cm³/mol. The second-order valence-corrected chi connectivity index (χ2v) is 6.12. The van der Waals surface area contributed by atoms with Gasteiger partial charge in [0.2, 0.25) is 0 Å². The SMILES string of the molecule is CCc1ccc(COc2ccc(C(N)=S)c(Cl)c2)s1. The third-order valence-electron chi connectivity index (χ3n) is 2.65. The average Bonchev–Trinajstić information content (AvgIpc) is 2.84. The van der Waals surface area contributed by atoms with E-state index in [1.807, 2.05) is 6.07 Å². The maximum atomic E-state index is 6.09. The van der Waals surface area contributed by atoms with Crippen LogP contribution in [0.25, 0.3) is 0 Å². The summed E-state index contributed by atoms with van der Waals surface area (Å²) in [5.41, 5.74) is 6.23. The molecule has 5 heteroatoms. The normalized spacial score (nSPS) is 10.4. The van der Waals surface area contributed by atoms with Gasteiger partial charge in [-0.15, -0.1) is 11.3 Å². The summed E-state index contributed by atoms with van der Waals surface area (Å²) < 4.78 is 5.71. The topological polar surface area (TPSA) is 35.2 Å². The second kappa shape index (κ2) is 6.37. The molecule has 0 unspecified atom stereocenters. The van der Waals surface area contributed by atoms with Gasteiger partial charge in [-0.25, -0.2) is 0 Å². The minimum absolute atomic E-state index is 0.294. The molecule has 19 heavy (non-hydrogen) atoms. The Morgan fingerprint density at radius 3 is 2.63 bits per heavy atom. The Balaban J connectivity index is 2.03. The summed E-state index contributed by atoms with van der Waals surface area (Å²) in [6.45, 7) is 2.69. The molecule has 0 bridgehead atoms. The number of ether oxygens (including phenoxy) is 1. The van der Waals surface area contributed by atoms with Gasteiger partial charge in [-0.05, 0) is 36.8 Å². The van der Waals surface area contributed by atoms with Crippen molar-refractivity contribution in [1.29, 1.82) is 0 Å². The molecule has 2 rings (SSSR count). The summed E-state index contributed by atoms with van der Waals surface area (Å²) in [5, 5.41) is 0.519. The van der Waals surface area contributed by atoms with Crippen molar-refractivity contribution < 1.29 is 4.74 Å². The number of nitrogens with two attached hydrogens (primary N) is 1. The molecule has 1 aromatic carbocycles. The zero-order valence-electron chi connectivity index (χ0n) is 10.5. The minimum Gasteiger partial charge on any atom is -0.488 e. The number of hydrogen-bond acceptors (Lipinski definition) is 3. The summed E-state index contributed by atoms with van der Waals surface area (Å²) in [6, 6.07) is 9.58. The first-order valence-corrected chi connectivity index (χ1v) is 7.50. The molecular weight excluding hydrogens is 298 g/mol. The van der Waals surface area contributed by atoms with Gasteiger partial charge >= 0.3 is 0 Å². The van der Waals surface area contributed by atoms with Crippen LogP contribution in [0.1, 0.15) is 22.2 Å². The summed E-state index contributed by atoms with van der Waals surface area (Å²) in [4.78, 5) is 2.86. The maximum Gasteiger partial charge on any atom is 0.122 e. The van der Waals surface area contributed by atoms with Crippen LogP contribution < -0.4 is 10.5 Å². The highest BCUT2D eigenvalue weighted by atomic mass is 35.5. The highest BCUT2D eigenvalue weighted by molar-refractivity contribution is 7.80. The van der Waals surface area contributed by atoms with Crippen LogP contribution in [-0.4, -0.2) is 4.99 Å². The smallest absolute Gasteiger partial charge is 0.122 e. The van der Waals surface area contributed by atoms with Gasteiger partial charge < -0.3 is 10.5 Å². The Hall–Kier alpha value is -1.10. The van der Waals surface area contributed by atoms with Gasteiger partial charge in [0.15, 0.2) is 0 Å². The van der Waals surface area contributed by atoms with Crippen molar-refractivity contribution in [3.8, 4) is 5.75 Å². The molecule has 1 heterocycles. The molecule has 0 spiro atoms. The van der Waals surface area contributed by atoms with Crippen molar-refractivity contribution in [2.45, 2.75) is 20.0 Å². The highest BCUT2D eigenvalue weighted by Crippen LogP contribution is 2.24. The summed E-state index contributed by atoms with van der Waals surface area (Å²) in [5.74, 6) is 0.719. The van der Waals surface area contributed by atoms with Crippen molar-refractivity contribution in [1.82, 2.24) is 0 Å². The maximum absolute atomic E-state index is 6.09. The van der Waals surface area contributed by atoms with Crippen molar-refractivity contribution in [3.05, 3.63) is 50.7 Å². The quantitative estimate of drug-likeness (QED) is 0.841. The lowest BCUT2D eigenvalue weighted by Gasteiger charge is -2.07. The van der Waals surface area contributed by atoms with Crippen LogP contribution in [0.3, 0.4) is 0 Å². The van der Waals surface area contributed by atoms with Crippen LogP contribution in [0.5, 0.6) is 5.75 Å². The van der Waals surface area contributed by atoms with Gasteiger partial charge in [-0.3, -0.25) is 0 Å². The van der Waals surface area contributed by atoms with Crippen LogP contribution in [0.2, 0.25) is 5.02 Å². The Kier molecular flexibility index (Phi) is 4.80. The van der Waals surface area contributed by atoms with E-state index in [-0.39, 0.29) is 0 Å². The monoisotopic (exact) mass is 311 g/mol. The second-order valence-electron chi connectivity index (χ2n) is 4.02. The van der Waals surface area contributed by atoms with Gasteiger partial charge in [0, 0.05) is 15.3 Å². The van der Waals surface area contributed by atoms with E-state index < -0.39 is 0 Å². The first-order chi connectivity index (χ1) is 9.10.